The number of carbonyl (C=O) groups excluding carboxylic acids is 1. The van der Waals surface area contributed by atoms with Crippen LogP contribution in [0.5, 0.6) is 0 Å². The van der Waals surface area contributed by atoms with Gasteiger partial charge in [0, 0.05) is 12.6 Å². The molecule has 0 aromatic carbocycles. The van der Waals surface area contributed by atoms with Crippen molar-refractivity contribution in [3.8, 4) is 0 Å². The molecule has 0 fully saturated rings. The van der Waals surface area contributed by atoms with Gasteiger partial charge >= 0.3 is 0 Å². The Bertz CT molecular complexity index is 128. The lowest BCUT2D eigenvalue weighted by Gasteiger charge is -1.99. The Balaban J connectivity index is 0. The van der Waals surface area contributed by atoms with Gasteiger partial charge in [-0.3, -0.25) is 4.79 Å². The summed E-state index contributed by atoms with van der Waals surface area (Å²) in [6, 6.07) is 0. The molecule has 0 aromatic rings. The summed E-state index contributed by atoms with van der Waals surface area (Å²) in [6.45, 7) is 7.83. The van der Waals surface area contributed by atoms with Crippen molar-refractivity contribution in [1.82, 2.24) is 5.32 Å². The normalized spacial score (nSPS) is 9.73. The van der Waals surface area contributed by atoms with Crippen molar-refractivity contribution in [2.24, 2.45) is 0 Å². The molecule has 0 bridgehead atoms. The number of amides is 1. The number of hydrogen-bond acceptors (Lipinski definition) is 1. The average Bonchev–Trinajstić information content (AvgIpc) is 2.10. The molecular weight excluding hydrogens is 138 g/mol. The summed E-state index contributed by atoms with van der Waals surface area (Å²) in [4.78, 5) is 10.8. The predicted octanol–water partition coefficient (Wildman–Crippen LogP) is 2.11. The van der Waals surface area contributed by atoms with Gasteiger partial charge < -0.3 is 5.32 Å². The van der Waals surface area contributed by atoms with Crippen LogP contribution in [0, 0.1) is 0 Å². The molecular formula is C9H19NO. The van der Waals surface area contributed by atoms with Crippen molar-refractivity contribution in [1.29, 1.82) is 0 Å². The van der Waals surface area contributed by atoms with Crippen LogP contribution in [0.4, 0.5) is 0 Å². The Morgan fingerprint density at radius 3 is 2.00 bits per heavy atom. The SMILES string of the molecule is C/C=C(\CC)C(=O)NC.CC. The van der Waals surface area contributed by atoms with Crippen LogP contribution in [-0.2, 0) is 4.79 Å². The highest BCUT2D eigenvalue weighted by atomic mass is 16.1. The van der Waals surface area contributed by atoms with Crippen LogP contribution < -0.4 is 5.32 Å². The van der Waals surface area contributed by atoms with E-state index < -0.39 is 0 Å². The van der Waals surface area contributed by atoms with E-state index in [4.69, 9.17) is 0 Å². The average molecular weight is 157 g/mol. The minimum Gasteiger partial charge on any atom is -0.355 e. The number of likely N-dealkylation sites (N-methyl/N-ethyl adjacent to an activating group) is 1. The number of allylic oxidation sites excluding steroid dienone is 1. The zero-order chi connectivity index (χ0) is 9.28. The summed E-state index contributed by atoms with van der Waals surface area (Å²) < 4.78 is 0. The van der Waals surface area contributed by atoms with Gasteiger partial charge in [-0.05, 0) is 13.3 Å². The monoisotopic (exact) mass is 157 g/mol. The minimum atomic E-state index is 0.0278. The van der Waals surface area contributed by atoms with E-state index >= 15 is 0 Å². The quantitative estimate of drug-likeness (QED) is 0.611. The molecule has 1 N–H and O–H groups in total. The van der Waals surface area contributed by atoms with Crippen LogP contribution in [0.2, 0.25) is 0 Å². The Morgan fingerprint density at radius 2 is 1.91 bits per heavy atom. The second kappa shape index (κ2) is 9.21. The van der Waals surface area contributed by atoms with E-state index in [0.29, 0.717) is 0 Å². The Kier molecular flexibility index (Phi) is 10.8. The highest BCUT2D eigenvalue weighted by Gasteiger charge is 2.00. The van der Waals surface area contributed by atoms with Crippen LogP contribution in [0.1, 0.15) is 34.1 Å². The Hall–Kier alpha value is -0.790. The van der Waals surface area contributed by atoms with E-state index in [1.54, 1.807) is 7.05 Å². The molecule has 0 saturated carbocycles. The highest BCUT2D eigenvalue weighted by Crippen LogP contribution is 1.97. The van der Waals surface area contributed by atoms with Crippen molar-refractivity contribution in [2.45, 2.75) is 34.1 Å². The van der Waals surface area contributed by atoms with E-state index in [2.05, 4.69) is 5.32 Å². The highest BCUT2D eigenvalue weighted by molar-refractivity contribution is 5.92. The third-order valence-corrected chi connectivity index (χ3v) is 1.25. The third kappa shape index (κ3) is 5.64. The van der Waals surface area contributed by atoms with Crippen molar-refractivity contribution in [3.63, 3.8) is 0 Å². The molecule has 0 unspecified atom stereocenters. The summed E-state index contributed by atoms with van der Waals surface area (Å²) in [7, 11) is 1.64. The summed E-state index contributed by atoms with van der Waals surface area (Å²) in [5.41, 5.74) is 0.845. The molecule has 2 heteroatoms. The summed E-state index contributed by atoms with van der Waals surface area (Å²) in [5, 5.41) is 2.56. The fourth-order valence-electron chi connectivity index (χ4n) is 0.656. The molecule has 66 valence electrons. The molecule has 0 radical (unpaired) electrons. The molecule has 0 aliphatic carbocycles. The van der Waals surface area contributed by atoms with E-state index in [-0.39, 0.29) is 5.91 Å². The summed E-state index contributed by atoms with van der Waals surface area (Å²) in [5.74, 6) is 0.0278. The van der Waals surface area contributed by atoms with Crippen molar-refractivity contribution in [3.05, 3.63) is 11.6 Å². The lowest BCUT2D eigenvalue weighted by molar-refractivity contribution is -0.117. The first-order chi connectivity index (χ1) is 5.26. The van der Waals surface area contributed by atoms with Gasteiger partial charge in [-0.1, -0.05) is 26.8 Å². The number of rotatable bonds is 2. The number of hydrogen-bond donors (Lipinski definition) is 1. The summed E-state index contributed by atoms with van der Waals surface area (Å²) >= 11 is 0. The van der Waals surface area contributed by atoms with Gasteiger partial charge in [0.25, 0.3) is 0 Å². The smallest absolute Gasteiger partial charge is 0.246 e. The molecule has 0 atom stereocenters. The van der Waals surface area contributed by atoms with Crippen molar-refractivity contribution < 1.29 is 4.79 Å². The molecule has 0 heterocycles. The van der Waals surface area contributed by atoms with Gasteiger partial charge in [0.2, 0.25) is 5.91 Å². The molecule has 0 aliphatic rings. The van der Waals surface area contributed by atoms with Crippen molar-refractivity contribution in [2.75, 3.05) is 7.05 Å². The molecule has 2 nitrogen and oxygen atoms in total. The van der Waals surface area contributed by atoms with Gasteiger partial charge in [0.05, 0.1) is 0 Å². The van der Waals surface area contributed by atoms with Crippen LogP contribution >= 0.6 is 0 Å². The molecule has 0 saturated heterocycles. The minimum absolute atomic E-state index is 0.0278. The molecule has 0 aromatic heterocycles. The molecule has 0 spiro atoms. The molecule has 0 rings (SSSR count). The maximum Gasteiger partial charge on any atom is 0.246 e. The molecule has 1 amide bonds. The lowest BCUT2D eigenvalue weighted by atomic mass is 10.2. The topological polar surface area (TPSA) is 29.1 Å². The first-order valence-corrected chi connectivity index (χ1v) is 4.13. The maximum atomic E-state index is 10.8. The van der Waals surface area contributed by atoms with E-state index in [1.807, 2.05) is 33.8 Å². The number of nitrogens with one attached hydrogen (secondary N) is 1. The third-order valence-electron chi connectivity index (χ3n) is 1.25. The Morgan fingerprint density at radius 1 is 1.45 bits per heavy atom. The van der Waals surface area contributed by atoms with Crippen LogP contribution in [-0.4, -0.2) is 13.0 Å². The van der Waals surface area contributed by atoms with Gasteiger partial charge in [-0.25, -0.2) is 0 Å². The number of carbonyl (C=O) groups is 1. The molecule has 0 aliphatic heterocycles. The van der Waals surface area contributed by atoms with Crippen LogP contribution in [0.3, 0.4) is 0 Å². The van der Waals surface area contributed by atoms with E-state index in [9.17, 15) is 4.79 Å². The van der Waals surface area contributed by atoms with Gasteiger partial charge in [-0.2, -0.15) is 0 Å². The maximum absolute atomic E-state index is 10.8. The second-order valence-electron chi connectivity index (χ2n) is 1.75. The predicted molar refractivity (Wildman–Crippen MR) is 49.5 cm³/mol. The zero-order valence-electron chi connectivity index (χ0n) is 8.19. The molecule has 11 heavy (non-hydrogen) atoms. The Labute approximate surface area is 69.7 Å². The van der Waals surface area contributed by atoms with Gasteiger partial charge in [-0.15, -0.1) is 0 Å². The standard InChI is InChI=1S/C7H13NO.C2H6/c1-4-6(5-2)7(9)8-3;1-2/h4H,5H2,1-3H3,(H,8,9);1-2H3/b6-4+;. The van der Waals surface area contributed by atoms with Crippen molar-refractivity contribution >= 4 is 5.91 Å². The zero-order valence-corrected chi connectivity index (χ0v) is 8.19. The van der Waals surface area contributed by atoms with Crippen LogP contribution in [0.25, 0.3) is 0 Å². The van der Waals surface area contributed by atoms with E-state index in [0.717, 1.165) is 12.0 Å². The fraction of sp³-hybridized carbons (Fsp3) is 0.667. The first-order valence-electron chi connectivity index (χ1n) is 4.13. The van der Waals surface area contributed by atoms with Crippen LogP contribution in [0.15, 0.2) is 11.6 Å². The first kappa shape index (κ1) is 12.8. The van der Waals surface area contributed by atoms with E-state index in [1.165, 1.54) is 0 Å². The summed E-state index contributed by atoms with van der Waals surface area (Å²) in [6.07, 6.45) is 2.63. The second-order valence-corrected chi connectivity index (χ2v) is 1.75. The lowest BCUT2D eigenvalue weighted by Crippen LogP contribution is -2.19. The largest absolute Gasteiger partial charge is 0.355 e. The fourth-order valence-corrected chi connectivity index (χ4v) is 0.656. The van der Waals surface area contributed by atoms with Gasteiger partial charge in [0.15, 0.2) is 0 Å². The van der Waals surface area contributed by atoms with Gasteiger partial charge in [0.1, 0.15) is 0 Å².